The highest BCUT2D eigenvalue weighted by molar-refractivity contribution is 7.90. The Morgan fingerprint density at radius 2 is 2.07 bits per heavy atom. The quantitative estimate of drug-likeness (QED) is 0.581. The molecule has 84 valence electrons. The van der Waals surface area contributed by atoms with Crippen LogP contribution in [0, 0.1) is 5.92 Å². The summed E-state index contributed by atoms with van der Waals surface area (Å²) in [5.41, 5.74) is 0. The summed E-state index contributed by atoms with van der Waals surface area (Å²) in [5.74, 6) is -2.23. The van der Waals surface area contributed by atoms with Gasteiger partial charge in [-0.2, -0.15) is 0 Å². The molecule has 0 fully saturated rings. The molecule has 0 aromatic heterocycles. The number of nitrogens with one attached hydrogen (secondary N) is 1. The monoisotopic (exact) mass is 223 g/mol. The van der Waals surface area contributed by atoms with Crippen molar-refractivity contribution in [3.05, 3.63) is 0 Å². The topological polar surface area (TPSA) is 83.5 Å². The second-order valence-corrected chi connectivity index (χ2v) is 5.52. The molecule has 0 aliphatic carbocycles. The lowest BCUT2D eigenvalue weighted by atomic mass is 10.2. The molecule has 2 N–H and O–H groups in total. The van der Waals surface area contributed by atoms with Crippen LogP contribution < -0.4 is 5.32 Å². The van der Waals surface area contributed by atoms with Crippen molar-refractivity contribution in [3.63, 3.8) is 0 Å². The molecule has 5 nitrogen and oxygen atoms in total. The fraction of sp³-hybridized carbons (Fsp3) is 0.875. The van der Waals surface area contributed by atoms with Gasteiger partial charge in [-0.1, -0.05) is 6.92 Å². The molecule has 0 bridgehead atoms. The molecule has 0 amide bonds. The molecular formula is C8H17NO4S. The molecule has 0 spiro atoms. The van der Waals surface area contributed by atoms with Gasteiger partial charge in [0.05, 0.1) is 11.7 Å². The van der Waals surface area contributed by atoms with Gasteiger partial charge < -0.3 is 10.4 Å². The first-order valence-electron chi connectivity index (χ1n) is 4.48. The fourth-order valence-corrected chi connectivity index (χ4v) is 2.03. The van der Waals surface area contributed by atoms with Crippen molar-refractivity contribution in [2.24, 2.45) is 5.92 Å². The van der Waals surface area contributed by atoms with Crippen LogP contribution in [0.5, 0.6) is 0 Å². The third-order valence-electron chi connectivity index (χ3n) is 1.67. The summed E-state index contributed by atoms with van der Waals surface area (Å²) in [7, 11) is -3.23. The van der Waals surface area contributed by atoms with E-state index in [1.54, 1.807) is 0 Å². The minimum atomic E-state index is -3.23. The summed E-state index contributed by atoms with van der Waals surface area (Å²) >= 11 is 0. The average Bonchev–Trinajstić information content (AvgIpc) is 2.00. The molecular weight excluding hydrogens is 206 g/mol. The zero-order valence-corrected chi connectivity index (χ0v) is 9.30. The molecule has 0 aliphatic rings. The average molecular weight is 223 g/mol. The van der Waals surface area contributed by atoms with Crippen molar-refractivity contribution in [1.82, 2.24) is 5.32 Å². The molecule has 0 heterocycles. The lowest BCUT2D eigenvalue weighted by molar-refractivity contribution is -0.140. The van der Waals surface area contributed by atoms with Crippen molar-refractivity contribution >= 4 is 15.8 Å². The summed E-state index contributed by atoms with van der Waals surface area (Å²) in [6, 6.07) is 0. The van der Waals surface area contributed by atoms with Gasteiger partial charge in [0.25, 0.3) is 0 Å². The number of carboxylic acid groups (broad SMARTS) is 1. The normalized spacial score (nSPS) is 13.9. The van der Waals surface area contributed by atoms with E-state index in [0.29, 0.717) is 6.54 Å². The first-order chi connectivity index (χ1) is 6.37. The van der Waals surface area contributed by atoms with E-state index in [0.717, 1.165) is 12.7 Å². The number of carboxylic acids is 1. The third kappa shape index (κ3) is 6.85. The van der Waals surface area contributed by atoms with Gasteiger partial charge in [0.15, 0.2) is 0 Å². The Balaban J connectivity index is 4.11. The van der Waals surface area contributed by atoms with Crippen LogP contribution in [0.2, 0.25) is 0 Å². The van der Waals surface area contributed by atoms with Crippen molar-refractivity contribution in [1.29, 1.82) is 0 Å². The maximum Gasteiger partial charge on any atom is 0.308 e. The van der Waals surface area contributed by atoms with E-state index in [1.807, 2.05) is 6.92 Å². The number of aliphatic carboxylic acids is 1. The largest absolute Gasteiger partial charge is 0.481 e. The predicted molar refractivity (Wildman–Crippen MR) is 54.0 cm³/mol. The molecule has 0 radical (unpaired) electrons. The summed E-state index contributed by atoms with van der Waals surface area (Å²) in [5, 5.41) is 11.6. The first-order valence-corrected chi connectivity index (χ1v) is 6.54. The second kappa shape index (κ2) is 5.98. The van der Waals surface area contributed by atoms with E-state index in [4.69, 9.17) is 5.11 Å². The molecule has 1 atom stereocenters. The number of sulfone groups is 1. The molecule has 14 heavy (non-hydrogen) atoms. The van der Waals surface area contributed by atoms with Crippen LogP contribution in [0.15, 0.2) is 0 Å². The van der Waals surface area contributed by atoms with Crippen LogP contribution in [-0.4, -0.2) is 44.6 Å². The molecule has 0 aromatic rings. The predicted octanol–water partition coefficient (Wildman–Crippen LogP) is -0.269. The molecule has 1 unspecified atom stereocenters. The van der Waals surface area contributed by atoms with E-state index >= 15 is 0 Å². The lowest BCUT2D eigenvalue weighted by Crippen LogP contribution is -2.33. The van der Waals surface area contributed by atoms with Crippen molar-refractivity contribution in [3.8, 4) is 0 Å². The maximum absolute atomic E-state index is 10.9. The first kappa shape index (κ1) is 13.4. The van der Waals surface area contributed by atoms with Gasteiger partial charge in [-0.25, -0.2) is 8.42 Å². The smallest absolute Gasteiger partial charge is 0.308 e. The summed E-state index contributed by atoms with van der Waals surface area (Å²) in [4.78, 5) is 10.7. The summed E-state index contributed by atoms with van der Waals surface area (Å²) in [6.07, 6.45) is 1.94. The molecule has 0 saturated carbocycles. The second-order valence-electron chi connectivity index (χ2n) is 3.33. The van der Waals surface area contributed by atoms with Crippen LogP contribution >= 0.6 is 0 Å². The summed E-state index contributed by atoms with van der Waals surface area (Å²) < 4.78 is 21.8. The van der Waals surface area contributed by atoms with Gasteiger partial charge in [-0.3, -0.25) is 4.79 Å². The number of rotatable bonds is 7. The zero-order chi connectivity index (χ0) is 11.2. The van der Waals surface area contributed by atoms with Crippen molar-refractivity contribution in [2.45, 2.75) is 13.3 Å². The number of hydrogen-bond donors (Lipinski definition) is 2. The Labute approximate surface area is 84.4 Å². The third-order valence-corrected chi connectivity index (χ3v) is 2.68. The van der Waals surface area contributed by atoms with Crippen LogP contribution in [0.25, 0.3) is 0 Å². The Bertz CT molecular complexity index is 273. The van der Waals surface area contributed by atoms with E-state index < -0.39 is 21.7 Å². The zero-order valence-electron chi connectivity index (χ0n) is 8.49. The van der Waals surface area contributed by atoms with Crippen LogP contribution in [0.1, 0.15) is 13.3 Å². The number of hydrogen-bond acceptors (Lipinski definition) is 4. The minimum absolute atomic E-state index is 0.205. The fourth-order valence-electron chi connectivity index (χ4n) is 1.04. The number of carbonyl (C=O) groups is 1. The Kier molecular flexibility index (Phi) is 5.71. The van der Waals surface area contributed by atoms with Crippen molar-refractivity contribution < 1.29 is 18.3 Å². The maximum atomic E-state index is 10.9. The van der Waals surface area contributed by atoms with Gasteiger partial charge in [0.2, 0.25) is 0 Å². The Morgan fingerprint density at radius 3 is 2.43 bits per heavy atom. The van der Waals surface area contributed by atoms with Crippen molar-refractivity contribution in [2.75, 3.05) is 25.1 Å². The van der Waals surface area contributed by atoms with Crippen LogP contribution in [-0.2, 0) is 14.6 Å². The minimum Gasteiger partial charge on any atom is -0.481 e. The highest BCUT2D eigenvalue weighted by Gasteiger charge is 2.21. The molecule has 0 aliphatic heterocycles. The van der Waals surface area contributed by atoms with Crippen LogP contribution in [0.3, 0.4) is 0 Å². The van der Waals surface area contributed by atoms with Gasteiger partial charge >= 0.3 is 5.97 Å². The van der Waals surface area contributed by atoms with E-state index in [2.05, 4.69) is 5.32 Å². The molecule has 0 rings (SSSR count). The highest BCUT2D eigenvalue weighted by Crippen LogP contribution is 2.00. The van der Waals surface area contributed by atoms with Gasteiger partial charge in [0.1, 0.15) is 9.84 Å². The molecule has 0 aromatic carbocycles. The van der Waals surface area contributed by atoms with Gasteiger partial charge in [0, 0.05) is 12.8 Å². The van der Waals surface area contributed by atoms with Gasteiger partial charge in [-0.15, -0.1) is 0 Å². The Morgan fingerprint density at radius 1 is 1.50 bits per heavy atom. The molecule has 6 heteroatoms. The highest BCUT2D eigenvalue weighted by atomic mass is 32.2. The van der Waals surface area contributed by atoms with E-state index in [-0.39, 0.29) is 12.3 Å². The van der Waals surface area contributed by atoms with Crippen LogP contribution in [0.4, 0.5) is 0 Å². The Hall–Kier alpha value is -0.620. The SMILES string of the molecule is CCCNCC(CS(C)(=O)=O)C(=O)O. The lowest BCUT2D eigenvalue weighted by Gasteiger charge is -2.11. The van der Waals surface area contributed by atoms with Gasteiger partial charge in [-0.05, 0) is 13.0 Å². The van der Waals surface area contributed by atoms with E-state index in [9.17, 15) is 13.2 Å². The van der Waals surface area contributed by atoms with E-state index in [1.165, 1.54) is 0 Å². The molecule has 0 saturated heterocycles. The standard InChI is InChI=1S/C8H17NO4S/c1-3-4-9-5-7(8(10)11)6-14(2,12)13/h7,9H,3-6H2,1-2H3,(H,10,11). The summed E-state index contributed by atoms with van der Waals surface area (Å²) in [6.45, 7) is 2.86.